The largest absolute Gasteiger partial charge is 0.406 e. The molecule has 0 aliphatic heterocycles. The Hall–Kier alpha value is -3.42. The van der Waals surface area contributed by atoms with Crippen molar-refractivity contribution in [3.63, 3.8) is 0 Å². The van der Waals surface area contributed by atoms with Gasteiger partial charge in [0.2, 0.25) is 0 Å². The fraction of sp³-hybridized carbons (Fsp3) is 0.261. The number of carbonyl (C=O) groups is 1. The first-order valence-electron chi connectivity index (χ1n) is 10.0. The van der Waals surface area contributed by atoms with Gasteiger partial charge in [-0.2, -0.15) is 13.2 Å². The average molecular weight is 424 g/mol. The molecule has 2 aromatic heterocycles. The highest BCUT2D eigenvalue weighted by Crippen LogP contribution is 2.37. The summed E-state index contributed by atoms with van der Waals surface area (Å²) in [6.45, 7) is -1.17. The molecule has 0 unspecified atom stereocenters. The quantitative estimate of drug-likeness (QED) is 0.437. The van der Waals surface area contributed by atoms with Crippen molar-refractivity contribution < 1.29 is 18.0 Å². The first-order valence-corrected chi connectivity index (χ1v) is 10.0. The van der Waals surface area contributed by atoms with Crippen LogP contribution in [0, 0.1) is 5.92 Å². The summed E-state index contributed by atoms with van der Waals surface area (Å²) in [6.07, 6.45) is 0.931. The number of aromatic nitrogens is 3. The summed E-state index contributed by atoms with van der Waals surface area (Å²) in [7, 11) is 0. The minimum atomic E-state index is -4.40. The monoisotopic (exact) mass is 424 g/mol. The third kappa shape index (κ3) is 3.73. The third-order valence-electron chi connectivity index (χ3n) is 5.70. The number of nitrogen functional groups attached to an aromatic ring is 1. The zero-order valence-corrected chi connectivity index (χ0v) is 16.5. The van der Waals surface area contributed by atoms with E-state index in [2.05, 4.69) is 9.97 Å². The highest BCUT2D eigenvalue weighted by atomic mass is 19.4. The molecular formula is C23H19F3N4O. The number of rotatable bonds is 5. The Morgan fingerprint density at radius 1 is 1.16 bits per heavy atom. The van der Waals surface area contributed by atoms with Gasteiger partial charge < -0.3 is 10.3 Å². The van der Waals surface area contributed by atoms with Crippen molar-refractivity contribution in [3.05, 3.63) is 54.5 Å². The number of hydrogen-bond acceptors (Lipinski definition) is 4. The lowest BCUT2D eigenvalue weighted by atomic mass is 9.95. The second kappa shape index (κ2) is 7.08. The summed E-state index contributed by atoms with van der Waals surface area (Å²) in [5.74, 6) is 0.736. The van der Waals surface area contributed by atoms with Crippen LogP contribution < -0.4 is 5.73 Å². The summed E-state index contributed by atoms with van der Waals surface area (Å²) in [4.78, 5) is 20.7. The van der Waals surface area contributed by atoms with Crippen molar-refractivity contribution >= 4 is 33.4 Å². The molecule has 1 fully saturated rings. The zero-order valence-electron chi connectivity index (χ0n) is 16.5. The molecule has 4 aromatic rings. The van der Waals surface area contributed by atoms with E-state index >= 15 is 0 Å². The standard InChI is InChI=1S/C23H19F3N4O/c24-23(25,26)11-30-10-18(20-21(27)28-12-29-22(20)30)15-6-7-16-14(9-15)2-1-3-17(16)19(31)8-13-4-5-13/h1-3,6-7,9-10,12-13H,4-5,8,11H2,(H2,27,28,29). The first kappa shape index (κ1) is 19.5. The molecule has 1 aliphatic rings. The van der Waals surface area contributed by atoms with Crippen LogP contribution in [0.1, 0.15) is 29.6 Å². The Morgan fingerprint density at radius 2 is 1.97 bits per heavy atom. The molecule has 0 amide bonds. The molecule has 5 rings (SSSR count). The maximum absolute atomic E-state index is 13.1. The van der Waals surface area contributed by atoms with Gasteiger partial charge in [0.05, 0.1) is 5.39 Å². The topological polar surface area (TPSA) is 73.8 Å². The lowest BCUT2D eigenvalue weighted by Crippen LogP contribution is -2.17. The van der Waals surface area contributed by atoms with Gasteiger partial charge in [-0.05, 0) is 41.2 Å². The molecule has 0 spiro atoms. The van der Waals surface area contributed by atoms with Crippen LogP contribution in [0.4, 0.5) is 19.0 Å². The van der Waals surface area contributed by atoms with Gasteiger partial charge in [-0.25, -0.2) is 9.97 Å². The van der Waals surface area contributed by atoms with Crippen LogP contribution in [0.2, 0.25) is 0 Å². The predicted octanol–water partition coefficient (Wildman–Crippen LogP) is 5.38. The number of nitrogens with two attached hydrogens (primary N) is 1. The Balaban J connectivity index is 1.63. The normalized spacial score (nSPS) is 14.4. The highest BCUT2D eigenvalue weighted by molar-refractivity contribution is 6.10. The molecule has 0 bridgehead atoms. The predicted molar refractivity (Wildman–Crippen MR) is 113 cm³/mol. The van der Waals surface area contributed by atoms with Gasteiger partial charge in [0.25, 0.3) is 0 Å². The van der Waals surface area contributed by atoms with Crippen molar-refractivity contribution in [3.8, 4) is 11.1 Å². The van der Waals surface area contributed by atoms with E-state index in [4.69, 9.17) is 5.73 Å². The SMILES string of the molecule is Nc1ncnc2c1c(-c1ccc3c(C(=O)CC4CC4)cccc3c1)cn2CC(F)(F)F. The van der Waals surface area contributed by atoms with E-state index in [9.17, 15) is 18.0 Å². The number of benzene rings is 2. The number of halogens is 3. The smallest absolute Gasteiger partial charge is 0.383 e. The maximum Gasteiger partial charge on any atom is 0.406 e. The van der Waals surface area contributed by atoms with Crippen LogP contribution in [0.3, 0.4) is 0 Å². The number of ketones is 1. The van der Waals surface area contributed by atoms with Crippen molar-refractivity contribution in [2.24, 2.45) is 5.92 Å². The molecule has 2 aromatic carbocycles. The molecule has 0 saturated heterocycles. The summed E-state index contributed by atoms with van der Waals surface area (Å²) in [5, 5.41) is 2.05. The lowest BCUT2D eigenvalue weighted by Gasteiger charge is -2.08. The van der Waals surface area contributed by atoms with E-state index in [0.29, 0.717) is 34.4 Å². The summed E-state index contributed by atoms with van der Waals surface area (Å²) >= 11 is 0. The molecule has 158 valence electrons. The number of anilines is 1. The van der Waals surface area contributed by atoms with Crippen molar-refractivity contribution in [2.45, 2.75) is 32.0 Å². The van der Waals surface area contributed by atoms with E-state index in [1.807, 2.05) is 30.3 Å². The molecule has 2 N–H and O–H groups in total. The van der Waals surface area contributed by atoms with Crippen molar-refractivity contribution in [1.29, 1.82) is 0 Å². The molecule has 5 nitrogen and oxygen atoms in total. The third-order valence-corrected chi connectivity index (χ3v) is 5.70. The van der Waals surface area contributed by atoms with Crippen LogP contribution in [0.15, 0.2) is 48.9 Å². The van der Waals surface area contributed by atoms with Gasteiger partial charge >= 0.3 is 6.18 Å². The fourth-order valence-electron chi connectivity index (χ4n) is 4.07. The molecule has 0 atom stereocenters. The Kier molecular flexibility index (Phi) is 4.46. The minimum absolute atomic E-state index is 0.120. The second-order valence-corrected chi connectivity index (χ2v) is 8.06. The molecular weight excluding hydrogens is 405 g/mol. The Labute approximate surface area is 175 Å². The average Bonchev–Trinajstić information content (AvgIpc) is 3.46. The number of hydrogen-bond donors (Lipinski definition) is 1. The van der Waals surface area contributed by atoms with Gasteiger partial charge in [-0.3, -0.25) is 4.79 Å². The van der Waals surface area contributed by atoms with Crippen LogP contribution in [0.25, 0.3) is 32.9 Å². The highest BCUT2D eigenvalue weighted by Gasteiger charge is 2.30. The zero-order chi connectivity index (χ0) is 21.8. The van der Waals surface area contributed by atoms with E-state index in [-0.39, 0.29) is 17.2 Å². The van der Waals surface area contributed by atoms with E-state index in [1.165, 1.54) is 6.20 Å². The fourth-order valence-corrected chi connectivity index (χ4v) is 4.07. The second-order valence-electron chi connectivity index (χ2n) is 8.06. The molecule has 0 radical (unpaired) electrons. The molecule has 2 heterocycles. The van der Waals surface area contributed by atoms with Gasteiger partial charge in [-0.15, -0.1) is 0 Å². The first-order chi connectivity index (χ1) is 14.8. The van der Waals surface area contributed by atoms with Crippen LogP contribution in [-0.2, 0) is 6.54 Å². The Bertz CT molecular complexity index is 1320. The molecule has 8 heteroatoms. The minimum Gasteiger partial charge on any atom is -0.383 e. The summed E-state index contributed by atoms with van der Waals surface area (Å²) in [6, 6.07) is 11.1. The molecule has 1 saturated carbocycles. The van der Waals surface area contributed by atoms with E-state index in [0.717, 1.165) is 34.5 Å². The van der Waals surface area contributed by atoms with Gasteiger partial charge in [-0.1, -0.05) is 30.3 Å². The number of alkyl halides is 3. The molecule has 1 aliphatic carbocycles. The van der Waals surface area contributed by atoms with Crippen LogP contribution >= 0.6 is 0 Å². The number of nitrogens with zero attached hydrogens (tertiary/aromatic N) is 3. The number of fused-ring (bicyclic) bond motifs is 2. The van der Waals surface area contributed by atoms with Gasteiger partial charge in [0.1, 0.15) is 24.3 Å². The lowest BCUT2D eigenvalue weighted by molar-refractivity contribution is -0.139. The van der Waals surface area contributed by atoms with Crippen LogP contribution in [0.5, 0.6) is 0 Å². The van der Waals surface area contributed by atoms with Crippen molar-refractivity contribution in [1.82, 2.24) is 14.5 Å². The number of Topliss-reactive ketones (excluding diaryl/α,β-unsaturated/α-hetero) is 1. The summed E-state index contributed by atoms with van der Waals surface area (Å²) in [5.41, 5.74) is 8.03. The summed E-state index contributed by atoms with van der Waals surface area (Å²) < 4.78 is 40.3. The van der Waals surface area contributed by atoms with E-state index in [1.54, 1.807) is 6.07 Å². The van der Waals surface area contributed by atoms with Crippen LogP contribution in [-0.4, -0.2) is 26.5 Å². The van der Waals surface area contributed by atoms with Crippen molar-refractivity contribution in [2.75, 3.05) is 5.73 Å². The maximum atomic E-state index is 13.1. The number of carbonyl (C=O) groups excluding carboxylic acids is 1. The van der Waals surface area contributed by atoms with E-state index < -0.39 is 12.7 Å². The van der Waals surface area contributed by atoms with Gasteiger partial charge in [0.15, 0.2) is 5.78 Å². The molecule has 31 heavy (non-hydrogen) atoms. The van der Waals surface area contributed by atoms with Gasteiger partial charge in [0, 0.05) is 23.7 Å². The Morgan fingerprint density at radius 3 is 2.71 bits per heavy atom.